The minimum absolute atomic E-state index is 0.195. The molecule has 2 aromatic rings. The van der Waals surface area contributed by atoms with Crippen LogP contribution in [0.2, 0.25) is 0 Å². The third kappa shape index (κ3) is 4.79. The van der Waals surface area contributed by atoms with Crippen molar-refractivity contribution in [1.29, 1.82) is 1.43 Å². The number of rotatable bonds is 8. The lowest BCUT2D eigenvalue weighted by molar-refractivity contribution is 0.0573. The lowest BCUT2D eigenvalue weighted by Crippen LogP contribution is -2.36. The van der Waals surface area contributed by atoms with Gasteiger partial charge in [-0.2, -0.15) is 0 Å². The quantitative estimate of drug-likeness (QED) is 0.763. The minimum Gasteiger partial charge on any atom is -0.493 e. The molecule has 0 radical (unpaired) electrons. The number of nitrogens with zero attached hydrogens (tertiary/aromatic N) is 1. The molecule has 1 heterocycles. The number of aliphatic hydroxyl groups is 1. The van der Waals surface area contributed by atoms with Crippen molar-refractivity contribution in [3.8, 4) is 11.5 Å². The average Bonchev–Trinajstić information content (AvgIpc) is 2.74. The summed E-state index contributed by atoms with van der Waals surface area (Å²) in [6, 6.07) is 12.4. The van der Waals surface area contributed by atoms with E-state index in [2.05, 4.69) is 4.90 Å². The highest BCUT2D eigenvalue weighted by molar-refractivity contribution is 5.47. The molecule has 27 heavy (non-hydrogen) atoms. The number of benzene rings is 2. The molecule has 1 atom stereocenters. The van der Waals surface area contributed by atoms with Crippen LogP contribution in [0.3, 0.4) is 0 Å². The first kappa shape index (κ1) is 18.3. The van der Waals surface area contributed by atoms with Crippen LogP contribution in [0.1, 0.15) is 30.1 Å². The monoisotopic (exact) mass is 374 g/mol. The van der Waals surface area contributed by atoms with Crippen LogP contribution in [0, 0.1) is 11.7 Å². The second kappa shape index (κ2) is 9.20. The number of halogens is 1. The van der Waals surface area contributed by atoms with Crippen LogP contribution < -0.4 is 9.47 Å². The van der Waals surface area contributed by atoms with Crippen molar-refractivity contribution >= 4 is 0 Å². The van der Waals surface area contributed by atoms with Crippen LogP contribution in [-0.4, -0.2) is 45.3 Å². The van der Waals surface area contributed by atoms with E-state index in [1.165, 1.54) is 12.1 Å². The van der Waals surface area contributed by atoms with Crippen molar-refractivity contribution in [1.82, 2.24) is 4.90 Å². The van der Waals surface area contributed by atoms with Gasteiger partial charge < -0.3 is 19.5 Å². The second-order valence-corrected chi connectivity index (χ2v) is 7.06. The SMILES string of the molecule is [2H]OC(c1cccc(OC)c1OC)C1CCN(CCc2ccc(F)cc2)CC1. The van der Waals surface area contributed by atoms with Crippen LogP contribution in [0.15, 0.2) is 42.5 Å². The predicted octanol–water partition coefficient (Wildman–Crippen LogP) is 3.83. The zero-order chi connectivity index (χ0) is 19.9. The molecule has 0 aliphatic carbocycles. The zero-order valence-electron chi connectivity index (χ0n) is 17.0. The van der Waals surface area contributed by atoms with E-state index in [1.807, 2.05) is 30.3 Å². The van der Waals surface area contributed by atoms with E-state index in [1.54, 1.807) is 14.2 Å². The van der Waals surface area contributed by atoms with Gasteiger partial charge in [-0.3, -0.25) is 0 Å². The Morgan fingerprint density at radius 1 is 1.15 bits per heavy atom. The minimum atomic E-state index is -0.343. The Morgan fingerprint density at radius 3 is 2.52 bits per heavy atom. The van der Waals surface area contributed by atoms with E-state index in [9.17, 15) is 4.39 Å². The lowest BCUT2D eigenvalue weighted by atomic mass is 9.87. The molecular formula is C22H28FNO3. The summed E-state index contributed by atoms with van der Waals surface area (Å²) in [5, 5.41) is 5.15. The standard InChI is InChI=1S/C22H28FNO3/c1-26-20-5-3-4-19(22(20)27-2)21(25)17-11-14-24(15-12-17)13-10-16-6-8-18(23)9-7-16/h3-9,17,21,25H,10-15H2,1-2H3/i25D. The first-order valence-electron chi connectivity index (χ1n) is 9.86. The molecule has 1 saturated heterocycles. The molecule has 0 amide bonds. The van der Waals surface area contributed by atoms with Crippen molar-refractivity contribution in [3.63, 3.8) is 0 Å². The summed E-state index contributed by atoms with van der Waals surface area (Å²) in [5.74, 6) is 1.35. The Morgan fingerprint density at radius 2 is 1.89 bits per heavy atom. The highest BCUT2D eigenvalue weighted by Gasteiger charge is 2.28. The molecule has 0 saturated carbocycles. The van der Waals surface area contributed by atoms with Gasteiger partial charge in [0.05, 0.1) is 20.3 Å². The summed E-state index contributed by atoms with van der Waals surface area (Å²) >= 11 is 0. The lowest BCUT2D eigenvalue weighted by Gasteiger charge is -2.34. The number of ether oxygens (including phenoxy) is 2. The largest absolute Gasteiger partial charge is 0.493 e. The van der Waals surface area contributed by atoms with Crippen LogP contribution in [0.25, 0.3) is 0 Å². The van der Waals surface area contributed by atoms with Crippen LogP contribution in [0.5, 0.6) is 11.5 Å². The van der Waals surface area contributed by atoms with E-state index in [0.717, 1.165) is 50.0 Å². The Labute approximate surface area is 162 Å². The summed E-state index contributed by atoms with van der Waals surface area (Å²) < 4.78 is 31.6. The zero-order valence-corrected chi connectivity index (χ0v) is 16.0. The topological polar surface area (TPSA) is 41.9 Å². The van der Waals surface area contributed by atoms with Gasteiger partial charge in [0.15, 0.2) is 11.5 Å². The summed E-state index contributed by atoms with van der Waals surface area (Å²) in [6.45, 7) is 2.86. The van der Waals surface area contributed by atoms with Crippen LogP contribution in [-0.2, 0) is 6.42 Å². The van der Waals surface area contributed by atoms with Crippen molar-refractivity contribution in [2.75, 3.05) is 33.9 Å². The fourth-order valence-corrected chi connectivity index (χ4v) is 3.81. The fourth-order valence-electron chi connectivity index (χ4n) is 3.81. The molecular weight excluding hydrogens is 345 g/mol. The summed E-state index contributed by atoms with van der Waals surface area (Å²) in [4.78, 5) is 2.42. The maximum absolute atomic E-state index is 13.0. The number of methoxy groups -OCH3 is 2. The van der Waals surface area contributed by atoms with Gasteiger partial charge in [-0.05, 0) is 62.0 Å². The smallest absolute Gasteiger partial charge is 0.211 e. The van der Waals surface area contributed by atoms with Crippen molar-refractivity contribution in [2.45, 2.75) is 25.4 Å². The molecule has 146 valence electrons. The maximum atomic E-state index is 13.0. The molecule has 1 N–H and O–H groups in total. The summed E-state index contributed by atoms with van der Waals surface area (Å²) in [5.41, 5.74) is 2.01. The molecule has 5 heteroatoms. The molecule has 1 aliphatic rings. The van der Waals surface area contributed by atoms with Crippen molar-refractivity contribution in [3.05, 3.63) is 59.4 Å². The number of likely N-dealkylation sites (tertiary alicyclic amines) is 1. The first-order chi connectivity index (χ1) is 13.7. The molecule has 1 fully saturated rings. The van der Waals surface area contributed by atoms with E-state index in [4.69, 9.17) is 16.0 Å². The van der Waals surface area contributed by atoms with Gasteiger partial charge in [0.25, 0.3) is 0 Å². The van der Waals surface area contributed by atoms with Gasteiger partial charge in [-0.25, -0.2) is 4.39 Å². The van der Waals surface area contributed by atoms with Crippen molar-refractivity contribution in [2.24, 2.45) is 5.92 Å². The van der Waals surface area contributed by atoms with Gasteiger partial charge in [0.1, 0.15) is 5.82 Å². The third-order valence-corrected chi connectivity index (χ3v) is 5.43. The van der Waals surface area contributed by atoms with Gasteiger partial charge >= 0.3 is 0 Å². The summed E-state index contributed by atoms with van der Waals surface area (Å²) in [6.07, 6.45) is 2.47. The molecule has 1 unspecified atom stereocenters. The first-order valence-corrected chi connectivity index (χ1v) is 9.46. The number of hydrogen-bond acceptors (Lipinski definition) is 4. The molecule has 4 nitrogen and oxygen atoms in total. The van der Waals surface area contributed by atoms with Gasteiger partial charge in [0, 0.05) is 12.1 Å². The molecule has 0 spiro atoms. The molecule has 0 bridgehead atoms. The Bertz CT molecular complexity index is 748. The molecule has 1 aliphatic heterocycles. The van der Waals surface area contributed by atoms with Crippen molar-refractivity contribution < 1.29 is 19.0 Å². The second-order valence-electron chi connectivity index (χ2n) is 7.06. The van der Waals surface area contributed by atoms with E-state index >= 15 is 0 Å². The molecule has 0 aromatic heterocycles. The Hall–Kier alpha value is -2.11. The van der Waals surface area contributed by atoms with Gasteiger partial charge in [0.2, 0.25) is 1.43 Å². The van der Waals surface area contributed by atoms with Crippen LogP contribution >= 0.6 is 0 Å². The number of piperidine rings is 1. The number of aliphatic hydroxyl groups excluding tert-OH is 1. The van der Waals surface area contributed by atoms with Gasteiger partial charge in [-0.15, -0.1) is 0 Å². The van der Waals surface area contributed by atoms with E-state index < -0.39 is 0 Å². The maximum Gasteiger partial charge on any atom is 0.211 e. The van der Waals surface area contributed by atoms with Crippen LogP contribution in [0.4, 0.5) is 4.39 Å². The molecule has 2 aromatic carbocycles. The highest BCUT2D eigenvalue weighted by atomic mass is 19.1. The predicted molar refractivity (Wildman–Crippen MR) is 104 cm³/mol. The highest BCUT2D eigenvalue weighted by Crippen LogP contribution is 2.39. The molecule has 3 rings (SSSR count). The number of hydrogen-bond donors (Lipinski definition) is 1. The number of para-hydroxylation sites is 1. The average molecular weight is 374 g/mol. The normalized spacial score (nSPS) is 17.4. The van der Waals surface area contributed by atoms with E-state index in [0.29, 0.717) is 11.5 Å². The summed E-state index contributed by atoms with van der Waals surface area (Å²) in [7, 11) is 3.22. The fraction of sp³-hybridized carbons (Fsp3) is 0.455. The van der Waals surface area contributed by atoms with E-state index in [-0.39, 0.29) is 17.8 Å². The Kier molecular flexibility index (Phi) is 6.22. The van der Waals surface area contributed by atoms with Gasteiger partial charge in [-0.1, -0.05) is 24.3 Å². The third-order valence-electron chi connectivity index (χ3n) is 5.43. The Balaban J connectivity index is 1.59.